The lowest BCUT2D eigenvalue weighted by atomic mass is 10.0. The number of pyridine rings is 2. The molecule has 0 unspecified atom stereocenters. The number of benzene rings is 1. The van der Waals surface area contributed by atoms with Crippen LogP contribution in [0.2, 0.25) is 0 Å². The molecule has 0 aliphatic rings. The second kappa shape index (κ2) is 4.49. The molecule has 0 fully saturated rings. The summed E-state index contributed by atoms with van der Waals surface area (Å²) in [6, 6.07) is 14.9. The molecule has 0 bridgehead atoms. The van der Waals surface area contributed by atoms with E-state index in [0.29, 0.717) is 16.8 Å². The average Bonchev–Trinajstić information content (AvgIpc) is 2.46. The van der Waals surface area contributed by atoms with E-state index in [1.54, 1.807) is 12.3 Å². The Kier molecular flexibility index (Phi) is 2.68. The Bertz CT molecular complexity index is 754. The number of nitrogens with two attached hydrogens (primary N) is 1. The number of aromatic nitrogens is 2. The normalized spacial score (nSPS) is 10.5. The molecule has 92 valence electrons. The molecule has 1 aromatic carbocycles. The quantitative estimate of drug-likeness (QED) is 0.758. The Morgan fingerprint density at radius 3 is 2.53 bits per heavy atom. The molecule has 0 saturated carbocycles. The predicted octanol–water partition coefficient (Wildman–Crippen LogP) is 2.40. The third-order valence-electron chi connectivity index (χ3n) is 2.90. The van der Waals surface area contributed by atoms with E-state index < -0.39 is 5.91 Å². The summed E-state index contributed by atoms with van der Waals surface area (Å²) in [6.45, 7) is 0. The molecular weight excluding hydrogens is 238 g/mol. The van der Waals surface area contributed by atoms with E-state index in [9.17, 15) is 4.79 Å². The largest absolute Gasteiger partial charge is 0.366 e. The molecular formula is C15H11N3O. The average molecular weight is 249 g/mol. The van der Waals surface area contributed by atoms with Crippen molar-refractivity contribution in [2.75, 3.05) is 0 Å². The van der Waals surface area contributed by atoms with Crippen molar-refractivity contribution in [3.8, 4) is 11.3 Å². The van der Waals surface area contributed by atoms with Gasteiger partial charge in [-0.2, -0.15) is 0 Å². The first-order valence-electron chi connectivity index (χ1n) is 5.87. The van der Waals surface area contributed by atoms with E-state index in [1.807, 2.05) is 42.5 Å². The Labute approximate surface area is 109 Å². The van der Waals surface area contributed by atoms with E-state index in [0.717, 1.165) is 11.1 Å². The minimum Gasteiger partial charge on any atom is -0.366 e. The number of hydrogen-bond donors (Lipinski definition) is 1. The number of nitrogens with zero attached hydrogens (tertiary/aromatic N) is 2. The van der Waals surface area contributed by atoms with Crippen LogP contribution in [0, 0.1) is 0 Å². The van der Waals surface area contributed by atoms with Crippen LogP contribution >= 0.6 is 0 Å². The van der Waals surface area contributed by atoms with Crippen molar-refractivity contribution >= 4 is 16.9 Å². The van der Waals surface area contributed by atoms with Gasteiger partial charge >= 0.3 is 0 Å². The lowest BCUT2D eigenvalue weighted by molar-refractivity contribution is 0.100. The van der Waals surface area contributed by atoms with Crippen molar-refractivity contribution in [3.63, 3.8) is 0 Å². The van der Waals surface area contributed by atoms with Crippen LogP contribution in [0.1, 0.15) is 10.4 Å². The van der Waals surface area contributed by atoms with Gasteiger partial charge in [0, 0.05) is 11.8 Å². The molecule has 0 aliphatic carbocycles. The van der Waals surface area contributed by atoms with Gasteiger partial charge in [0.05, 0.1) is 22.3 Å². The van der Waals surface area contributed by atoms with Crippen molar-refractivity contribution in [2.24, 2.45) is 5.73 Å². The summed E-state index contributed by atoms with van der Waals surface area (Å²) in [5.74, 6) is -0.501. The zero-order valence-electron chi connectivity index (χ0n) is 10.1. The Morgan fingerprint density at radius 1 is 1.00 bits per heavy atom. The molecule has 0 radical (unpaired) electrons. The SMILES string of the molecule is NC(=O)c1cc2ncccc2nc1-c1ccccc1. The number of amides is 1. The van der Waals surface area contributed by atoms with Crippen LogP contribution in [0.25, 0.3) is 22.3 Å². The topological polar surface area (TPSA) is 68.9 Å². The lowest BCUT2D eigenvalue weighted by Gasteiger charge is -2.07. The van der Waals surface area contributed by atoms with Crippen molar-refractivity contribution in [2.45, 2.75) is 0 Å². The highest BCUT2D eigenvalue weighted by molar-refractivity contribution is 6.01. The summed E-state index contributed by atoms with van der Waals surface area (Å²) < 4.78 is 0. The fourth-order valence-electron chi connectivity index (χ4n) is 2.00. The number of fused-ring (bicyclic) bond motifs is 1. The fraction of sp³-hybridized carbons (Fsp3) is 0. The summed E-state index contributed by atoms with van der Waals surface area (Å²) in [7, 11) is 0. The van der Waals surface area contributed by atoms with Gasteiger partial charge in [-0.25, -0.2) is 4.98 Å². The van der Waals surface area contributed by atoms with Gasteiger partial charge in [0.1, 0.15) is 0 Å². The maximum Gasteiger partial charge on any atom is 0.250 e. The highest BCUT2D eigenvalue weighted by atomic mass is 16.1. The smallest absolute Gasteiger partial charge is 0.250 e. The van der Waals surface area contributed by atoms with E-state index in [1.165, 1.54) is 0 Å². The second-order valence-electron chi connectivity index (χ2n) is 4.16. The molecule has 19 heavy (non-hydrogen) atoms. The van der Waals surface area contributed by atoms with Crippen LogP contribution in [0.4, 0.5) is 0 Å². The monoisotopic (exact) mass is 249 g/mol. The first-order valence-corrected chi connectivity index (χ1v) is 5.87. The van der Waals surface area contributed by atoms with Gasteiger partial charge in [0.25, 0.3) is 5.91 Å². The van der Waals surface area contributed by atoms with E-state index in [-0.39, 0.29) is 0 Å². The number of primary amides is 1. The second-order valence-corrected chi connectivity index (χ2v) is 4.16. The van der Waals surface area contributed by atoms with Crippen LogP contribution in [-0.2, 0) is 0 Å². The Balaban J connectivity index is 2.33. The van der Waals surface area contributed by atoms with E-state index >= 15 is 0 Å². The van der Waals surface area contributed by atoms with Gasteiger partial charge in [-0.15, -0.1) is 0 Å². The van der Waals surface area contributed by atoms with E-state index in [2.05, 4.69) is 9.97 Å². The van der Waals surface area contributed by atoms with E-state index in [4.69, 9.17) is 5.73 Å². The summed E-state index contributed by atoms with van der Waals surface area (Å²) in [6.07, 6.45) is 1.66. The van der Waals surface area contributed by atoms with Gasteiger partial charge in [-0.1, -0.05) is 30.3 Å². The summed E-state index contributed by atoms with van der Waals surface area (Å²) in [5, 5.41) is 0. The first-order chi connectivity index (χ1) is 9.25. The maximum atomic E-state index is 11.6. The van der Waals surface area contributed by atoms with Crippen LogP contribution < -0.4 is 5.73 Å². The number of carbonyl (C=O) groups is 1. The zero-order chi connectivity index (χ0) is 13.2. The highest BCUT2D eigenvalue weighted by Gasteiger charge is 2.13. The Morgan fingerprint density at radius 2 is 1.79 bits per heavy atom. The van der Waals surface area contributed by atoms with Gasteiger partial charge in [0.15, 0.2) is 0 Å². The van der Waals surface area contributed by atoms with Crippen molar-refractivity contribution in [3.05, 3.63) is 60.3 Å². The van der Waals surface area contributed by atoms with Gasteiger partial charge < -0.3 is 5.73 Å². The molecule has 1 amide bonds. The van der Waals surface area contributed by atoms with Gasteiger partial charge in [0.2, 0.25) is 0 Å². The molecule has 0 spiro atoms. The molecule has 4 heteroatoms. The molecule has 2 heterocycles. The number of hydrogen-bond acceptors (Lipinski definition) is 3. The molecule has 0 saturated heterocycles. The molecule has 0 aliphatic heterocycles. The lowest BCUT2D eigenvalue weighted by Crippen LogP contribution is -2.13. The van der Waals surface area contributed by atoms with Crippen molar-refractivity contribution < 1.29 is 4.79 Å². The van der Waals surface area contributed by atoms with Crippen LogP contribution in [-0.4, -0.2) is 15.9 Å². The number of carbonyl (C=O) groups excluding carboxylic acids is 1. The van der Waals surface area contributed by atoms with Crippen LogP contribution in [0.15, 0.2) is 54.7 Å². The summed E-state index contributed by atoms with van der Waals surface area (Å²) in [4.78, 5) is 20.3. The third kappa shape index (κ3) is 2.04. The summed E-state index contributed by atoms with van der Waals surface area (Å²) >= 11 is 0. The first kappa shape index (κ1) is 11.3. The predicted molar refractivity (Wildman–Crippen MR) is 73.5 cm³/mol. The minimum atomic E-state index is -0.501. The van der Waals surface area contributed by atoms with Crippen molar-refractivity contribution in [1.82, 2.24) is 9.97 Å². The van der Waals surface area contributed by atoms with Gasteiger partial charge in [-0.05, 0) is 18.2 Å². The molecule has 3 rings (SSSR count). The van der Waals surface area contributed by atoms with Crippen LogP contribution in [0.3, 0.4) is 0 Å². The van der Waals surface area contributed by atoms with Crippen LogP contribution in [0.5, 0.6) is 0 Å². The minimum absolute atomic E-state index is 0.386. The van der Waals surface area contributed by atoms with Gasteiger partial charge in [-0.3, -0.25) is 9.78 Å². The molecule has 0 atom stereocenters. The molecule has 2 aromatic heterocycles. The van der Waals surface area contributed by atoms with Crippen molar-refractivity contribution in [1.29, 1.82) is 0 Å². The third-order valence-corrected chi connectivity index (χ3v) is 2.90. The maximum absolute atomic E-state index is 11.6. The Hall–Kier alpha value is -2.75. The number of rotatable bonds is 2. The summed E-state index contributed by atoms with van der Waals surface area (Å²) in [5.41, 5.74) is 8.68. The zero-order valence-corrected chi connectivity index (χ0v) is 10.1. The molecule has 3 aromatic rings. The highest BCUT2D eigenvalue weighted by Crippen LogP contribution is 2.24. The standard InChI is InChI=1S/C15H11N3O/c16-15(19)11-9-13-12(7-4-8-17-13)18-14(11)10-5-2-1-3-6-10/h1-9H,(H2,16,19). The fourth-order valence-corrected chi connectivity index (χ4v) is 2.00. The molecule has 2 N–H and O–H groups in total. The molecule has 4 nitrogen and oxygen atoms in total.